The van der Waals surface area contributed by atoms with Gasteiger partial charge in [0.15, 0.2) is 0 Å². The van der Waals surface area contributed by atoms with Gasteiger partial charge in [0.05, 0.1) is 16.9 Å². The van der Waals surface area contributed by atoms with Crippen LogP contribution in [-0.2, 0) is 9.59 Å². The molecule has 0 aliphatic carbocycles. The molecule has 0 fully saturated rings. The second-order valence-electron chi connectivity index (χ2n) is 7.17. The van der Waals surface area contributed by atoms with Crippen molar-refractivity contribution < 1.29 is 14.7 Å². The van der Waals surface area contributed by atoms with Gasteiger partial charge in [-0.15, -0.1) is 11.8 Å². The van der Waals surface area contributed by atoms with E-state index in [1.807, 2.05) is 44.2 Å². The largest absolute Gasteiger partial charge is 0.481 e. The van der Waals surface area contributed by atoms with Crippen molar-refractivity contribution in [2.75, 3.05) is 11.4 Å². The zero-order valence-electron chi connectivity index (χ0n) is 15.6. The van der Waals surface area contributed by atoms with E-state index < -0.39 is 11.2 Å². The minimum Gasteiger partial charge on any atom is -0.481 e. The number of aliphatic carboxylic acids is 1. The van der Waals surface area contributed by atoms with E-state index in [1.54, 1.807) is 17.0 Å². The smallest absolute Gasteiger partial charge is 0.305 e. The van der Waals surface area contributed by atoms with Crippen LogP contribution in [0.2, 0.25) is 10.0 Å². The Morgan fingerprint density at radius 2 is 1.89 bits per heavy atom. The number of amides is 1. The summed E-state index contributed by atoms with van der Waals surface area (Å²) in [5.74, 6) is -0.976. The molecule has 1 aliphatic rings. The summed E-state index contributed by atoms with van der Waals surface area (Å²) in [5.41, 5.74) is 2.47. The van der Waals surface area contributed by atoms with E-state index >= 15 is 0 Å². The van der Waals surface area contributed by atoms with Crippen molar-refractivity contribution in [3.05, 3.63) is 63.6 Å². The highest BCUT2D eigenvalue weighted by Crippen LogP contribution is 2.49. The second-order valence-corrected chi connectivity index (χ2v) is 9.33. The van der Waals surface area contributed by atoms with E-state index in [-0.39, 0.29) is 23.5 Å². The average molecular weight is 438 g/mol. The Balaban J connectivity index is 2.20. The SMILES string of the molecule is CC(C)CN1C(=O)C(CC(=O)O)SC(c2ccccc2Cl)c2cc(Cl)ccc21. The Kier molecular flexibility index (Phi) is 6.58. The molecule has 0 aromatic heterocycles. The van der Waals surface area contributed by atoms with Gasteiger partial charge in [-0.05, 0) is 41.3 Å². The molecule has 0 saturated carbocycles. The molecule has 1 aliphatic heterocycles. The number of halogens is 2. The molecule has 2 aromatic rings. The summed E-state index contributed by atoms with van der Waals surface area (Å²) >= 11 is 14.1. The lowest BCUT2D eigenvalue weighted by Gasteiger charge is -2.27. The highest BCUT2D eigenvalue weighted by Gasteiger charge is 2.38. The van der Waals surface area contributed by atoms with Crippen LogP contribution in [0.4, 0.5) is 5.69 Å². The third kappa shape index (κ3) is 4.48. The molecule has 1 N–H and O–H groups in total. The van der Waals surface area contributed by atoms with Gasteiger partial charge in [-0.1, -0.05) is 55.2 Å². The summed E-state index contributed by atoms with van der Waals surface area (Å²) in [5, 5.41) is 9.50. The van der Waals surface area contributed by atoms with Crippen molar-refractivity contribution in [3.63, 3.8) is 0 Å². The van der Waals surface area contributed by atoms with Gasteiger partial charge in [-0.3, -0.25) is 9.59 Å². The number of hydrogen-bond donors (Lipinski definition) is 1. The molecule has 28 heavy (non-hydrogen) atoms. The predicted octanol–water partition coefficient (Wildman–Crippen LogP) is 5.66. The lowest BCUT2D eigenvalue weighted by atomic mass is 10.0. The van der Waals surface area contributed by atoms with Crippen molar-refractivity contribution in [1.29, 1.82) is 0 Å². The van der Waals surface area contributed by atoms with Crippen molar-refractivity contribution >= 4 is 52.5 Å². The minimum absolute atomic E-state index is 0.195. The number of thioether (sulfide) groups is 1. The molecule has 0 saturated heterocycles. The predicted molar refractivity (Wildman–Crippen MR) is 116 cm³/mol. The molecule has 4 nitrogen and oxygen atoms in total. The first-order valence-electron chi connectivity index (χ1n) is 9.00. The highest BCUT2D eigenvalue weighted by atomic mass is 35.5. The number of benzene rings is 2. The van der Waals surface area contributed by atoms with Crippen LogP contribution in [0.25, 0.3) is 0 Å². The zero-order valence-corrected chi connectivity index (χ0v) is 17.9. The van der Waals surface area contributed by atoms with Gasteiger partial charge in [0.1, 0.15) is 0 Å². The van der Waals surface area contributed by atoms with Crippen molar-refractivity contribution in [2.24, 2.45) is 5.92 Å². The number of carbonyl (C=O) groups excluding carboxylic acids is 1. The Morgan fingerprint density at radius 3 is 2.54 bits per heavy atom. The lowest BCUT2D eigenvalue weighted by Crippen LogP contribution is -2.40. The van der Waals surface area contributed by atoms with E-state index in [1.165, 1.54) is 11.8 Å². The van der Waals surface area contributed by atoms with E-state index in [0.717, 1.165) is 16.8 Å². The number of carboxylic acid groups (broad SMARTS) is 1. The summed E-state index contributed by atoms with van der Waals surface area (Å²) in [6, 6.07) is 12.9. The maximum atomic E-state index is 13.3. The Bertz CT molecular complexity index is 903. The van der Waals surface area contributed by atoms with Crippen LogP contribution >= 0.6 is 35.0 Å². The van der Waals surface area contributed by atoms with Crippen LogP contribution in [0.5, 0.6) is 0 Å². The lowest BCUT2D eigenvalue weighted by molar-refractivity contribution is -0.138. The summed E-state index contributed by atoms with van der Waals surface area (Å²) in [7, 11) is 0. The fourth-order valence-electron chi connectivity index (χ4n) is 3.35. The first-order valence-corrected chi connectivity index (χ1v) is 10.7. The van der Waals surface area contributed by atoms with Crippen LogP contribution in [-0.4, -0.2) is 28.8 Å². The first kappa shape index (κ1) is 21.0. The Hall–Kier alpha value is -1.69. The molecule has 1 heterocycles. The van der Waals surface area contributed by atoms with Crippen LogP contribution < -0.4 is 4.90 Å². The molecule has 1 amide bonds. The van der Waals surface area contributed by atoms with Crippen LogP contribution in [0, 0.1) is 5.92 Å². The van der Waals surface area contributed by atoms with E-state index in [4.69, 9.17) is 23.2 Å². The number of fused-ring (bicyclic) bond motifs is 1. The van der Waals surface area contributed by atoms with E-state index in [2.05, 4.69) is 0 Å². The molecule has 2 atom stereocenters. The maximum absolute atomic E-state index is 13.3. The van der Waals surface area contributed by atoms with Crippen molar-refractivity contribution in [2.45, 2.75) is 30.8 Å². The Morgan fingerprint density at radius 1 is 1.18 bits per heavy atom. The average Bonchev–Trinajstić information content (AvgIpc) is 2.72. The van der Waals surface area contributed by atoms with Gasteiger partial charge in [0, 0.05) is 22.3 Å². The number of rotatable bonds is 5. The monoisotopic (exact) mass is 437 g/mol. The standard InChI is InChI=1S/C21H21Cl2NO3S/c1-12(2)11-24-17-8-7-13(22)9-15(17)20(14-5-3-4-6-16(14)23)28-18(21(24)27)10-19(25)26/h3-9,12,18,20H,10-11H2,1-2H3,(H,25,26). The minimum atomic E-state index is -1.00. The van der Waals surface area contributed by atoms with Gasteiger partial charge in [-0.25, -0.2) is 0 Å². The molecule has 2 aromatic carbocycles. The van der Waals surface area contributed by atoms with Gasteiger partial charge in [-0.2, -0.15) is 0 Å². The van der Waals surface area contributed by atoms with Crippen molar-refractivity contribution in [3.8, 4) is 0 Å². The molecule has 0 spiro atoms. The molecular formula is C21H21Cl2NO3S. The highest BCUT2D eigenvalue weighted by molar-refractivity contribution is 8.01. The number of hydrogen-bond acceptors (Lipinski definition) is 3. The molecule has 0 bridgehead atoms. The number of carbonyl (C=O) groups is 2. The van der Waals surface area contributed by atoms with Crippen molar-refractivity contribution in [1.82, 2.24) is 0 Å². The third-order valence-corrected chi connectivity index (χ3v) is 6.56. The Labute approximate surface area is 178 Å². The quantitative estimate of drug-likeness (QED) is 0.654. The molecule has 3 rings (SSSR count). The number of carboxylic acids is 1. The van der Waals surface area contributed by atoms with Crippen LogP contribution in [0.15, 0.2) is 42.5 Å². The third-order valence-electron chi connectivity index (χ3n) is 4.50. The van der Waals surface area contributed by atoms with E-state index in [9.17, 15) is 14.7 Å². The second kappa shape index (κ2) is 8.76. The zero-order chi connectivity index (χ0) is 20.4. The van der Waals surface area contributed by atoms with Crippen LogP contribution in [0.1, 0.15) is 36.6 Å². The fraction of sp³-hybridized carbons (Fsp3) is 0.333. The molecule has 7 heteroatoms. The maximum Gasteiger partial charge on any atom is 0.305 e. The first-order chi connectivity index (χ1) is 13.3. The normalized spacial score (nSPS) is 19.5. The van der Waals surface area contributed by atoms with Gasteiger partial charge in [0.2, 0.25) is 5.91 Å². The number of nitrogens with zero attached hydrogens (tertiary/aromatic N) is 1. The molecule has 0 radical (unpaired) electrons. The van der Waals surface area contributed by atoms with Gasteiger partial charge in [0.25, 0.3) is 0 Å². The summed E-state index contributed by atoms with van der Waals surface area (Å²) < 4.78 is 0. The van der Waals surface area contributed by atoms with E-state index in [0.29, 0.717) is 16.6 Å². The fourth-order valence-corrected chi connectivity index (χ4v) is 5.33. The summed E-state index contributed by atoms with van der Waals surface area (Å²) in [4.78, 5) is 26.5. The number of anilines is 1. The summed E-state index contributed by atoms with van der Waals surface area (Å²) in [6.07, 6.45) is -0.249. The van der Waals surface area contributed by atoms with Gasteiger partial charge < -0.3 is 10.0 Å². The molecule has 148 valence electrons. The van der Waals surface area contributed by atoms with Crippen LogP contribution in [0.3, 0.4) is 0 Å². The molecule has 2 unspecified atom stereocenters. The topological polar surface area (TPSA) is 57.6 Å². The van der Waals surface area contributed by atoms with Gasteiger partial charge >= 0.3 is 5.97 Å². The molecular weight excluding hydrogens is 417 g/mol. The summed E-state index contributed by atoms with van der Waals surface area (Å²) in [6.45, 7) is 4.55.